The molecule has 2 aromatic rings. The van der Waals surface area contributed by atoms with Crippen LogP contribution in [0.2, 0.25) is 0 Å². The number of phenolic OH excluding ortho intramolecular Hbond substituents is 1. The van der Waals surface area contributed by atoms with Gasteiger partial charge in [0.05, 0.1) is 0 Å². The molecule has 3 N–H and O–H groups in total. The Morgan fingerprint density at radius 2 is 2.10 bits per heavy atom. The number of nitrogen functional groups attached to an aromatic ring is 1. The first kappa shape index (κ1) is 12.5. The number of carbonyl (C=O) groups excluding carboxylic acids is 1. The van der Waals surface area contributed by atoms with Crippen LogP contribution in [0.4, 0.5) is 11.4 Å². The number of amides is 1. The van der Waals surface area contributed by atoms with E-state index in [0.29, 0.717) is 12.1 Å². The van der Waals surface area contributed by atoms with Crippen LogP contribution in [0.15, 0.2) is 36.4 Å². The lowest BCUT2D eigenvalue weighted by Gasteiger charge is -2.18. The molecule has 0 aromatic heterocycles. The Bertz CT molecular complexity index is 695. The number of aryl methyl sites for hydroxylation is 1. The molecular weight excluding hydrogens is 252 g/mol. The molecule has 0 fully saturated rings. The normalized spacial score (nSPS) is 13.3. The number of hydrogen-bond acceptors (Lipinski definition) is 3. The molecule has 0 unspecified atom stereocenters. The number of carbonyl (C=O) groups is 1. The molecule has 1 aliphatic heterocycles. The Morgan fingerprint density at radius 1 is 1.30 bits per heavy atom. The third kappa shape index (κ3) is 1.90. The van der Waals surface area contributed by atoms with Gasteiger partial charge in [0, 0.05) is 29.0 Å². The fourth-order valence-electron chi connectivity index (χ4n) is 2.71. The summed E-state index contributed by atoms with van der Waals surface area (Å²) >= 11 is 0. The van der Waals surface area contributed by atoms with Crippen LogP contribution in [0.1, 0.15) is 21.5 Å². The predicted molar refractivity (Wildman–Crippen MR) is 79.1 cm³/mol. The lowest BCUT2D eigenvalue weighted by molar-refractivity contribution is 0.0989. The molecule has 4 nitrogen and oxygen atoms in total. The topological polar surface area (TPSA) is 66.6 Å². The quantitative estimate of drug-likeness (QED) is 0.781. The number of nitrogens with zero attached hydrogens (tertiary/aromatic N) is 1. The van der Waals surface area contributed by atoms with Crippen LogP contribution < -0.4 is 10.6 Å². The van der Waals surface area contributed by atoms with Crippen molar-refractivity contribution in [1.29, 1.82) is 0 Å². The SMILES string of the molecule is Cc1cc(O)ccc1C(=O)N1CCc2c(N)cccc21. The van der Waals surface area contributed by atoms with Crippen molar-refractivity contribution >= 4 is 17.3 Å². The molecule has 0 bridgehead atoms. The van der Waals surface area contributed by atoms with Crippen LogP contribution in [-0.4, -0.2) is 17.6 Å². The molecule has 102 valence electrons. The largest absolute Gasteiger partial charge is 0.508 e. The third-order valence-electron chi connectivity index (χ3n) is 3.75. The number of hydrogen-bond donors (Lipinski definition) is 2. The number of fused-ring (bicyclic) bond motifs is 1. The van der Waals surface area contributed by atoms with Crippen LogP contribution in [0.25, 0.3) is 0 Å². The van der Waals surface area contributed by atoms with E-state index in [0.717, 1.165) is 28.9 Å². The molecule has 1 heterocycles. The van der Waals surface area contributed by atoms with E-state index in [2.05, 4.69) is 0 Å². The van der Waals surface area contributed by atoms with Crippen LogP contribution in [-0.2, 0) is 6.42 Å². The van der Waals surface area contributed by atoms with Crippen molar-refractivity contribution < 1.29 is 9.90 Å². The van der Waals surface area contributed by atoms with E-state index < -0.39 is 0 Å². The maximum absolute atomic E-state index is 12.7. The van der Waals surface area contributed by atoms with E-state index in [1.807, 2.05) is 25.1 Å². The lowest BCUT2D eigenvalue weighted by Crippen LogP contribution is -2.29. The predicted octanol–water partition coefficient (Wildman–Crippen LogP) is 2.49. The number of phenols is 1. The highest BCUT2D eigenvalue weighted by atomic mass is 16.3. The van der Waals surface area contributed by atoms with Crippen molar-refractivity contribution in [3.8, 4) is 5.75 Å². The molecule has 4 heteroatoms. The van der Waals surface area contributed by atoms with Gasteiger partial charge in [-0.2, -0.15) is 0 Å². The zero-order valence-corrected chi connectivity index (χ0v) is 11.3. The molecule has 0 radical (unpaired) electrons. The van der Waals surface area contributed by atoms with Crippen molar-refractivity contribution in [3.05, 3.63) is 53.1 Å². The first-order valence-corrected chi connectivity index (χ1v) is 6.57. The molecule has 1 aliphatic rings. The van der Waals surface area contributed by atoms with E-state index in [1.54, 1.807) is 17.0 Å². The average Bonchev–Trinajstić information content (AvgIpc) is 2.83. The molecule has 0 atom stereocenters. The van der Waals surface area contributed by atoms with Gasteiger partial charge in [-0.3, -0.25) is 4.79 Å². The minimum Gasteiger partial charge on any atom is -0.508 e. The van der Waals surface area contributed by atoms with Crippen molar-refractivity contribution in [2.75, 3.05) is 17.2 Å². The van der Waals surface area contributed by atoms with E-state index in [-0.39, 0.29) is 11.7 Å². The van der Waals surface area contributed by atoms with Gasteiger partial charge in [0.15, 0.2) is 0 Å². The van der Waals surface area contributed by atoms with Gasteiger partial charge in [0.25, 0.3) is 5.91 Å². The number of anilines is 2. The molecule has 0 aliphatic carbocycles. The first-order valence-electron chi connectivity index (χ1n) is 6.57. The Hall–Kier alpha value is -2.49. The molecule has 20 heavy (non-hydrogen) atoms. The van der Waals surface area contributed by atoms with Crippen molar-refractivity contribution in [2.45, 2.75) is 13.3 Å². The highest BCUT2D eigenvalue weighted by molar-refractivity contribution is 6.08. The van der Waals surface area contributed by atoms with Crippen molar-refractivity contribution in [3.63, 3.8) is 0 Å². The fourth-order valence-corrected chi connectivity index (χ4v) is 2.71. The smallest absolute Gasteiger partial charge is 0.258 e. The molecule has 3 rings (SSSR count). The van der Waals surface area contributed by atoms with Gasteiger partial charge < -0.3 is 15.7 Å². The molecule has 1 amide bonds. The van der Waals surface area contributed by atoms with Crippen LogP contribution in [0, 0.1) is 6.92 Å². The maximum atomic E-state index is 12.7. The molecule has 2 aromatic carbocycles. The number of rotatable bonds is 1. The van der Waals surface area contributed by atoms with Gasteiger partial charge in [0.1, 0.15) is 5.75 Å². The van der Waals surface area contributed by atoms with E-state index in [4.69, 9.17) is 5.73 Å². The van der Waals surface area contributed by atoms with Crippen molar-refractivity contribution in [2.24, 2.45) is 0 Å². The Kier molecular flexibility index (Phi) is 2.86. The Labute approximate surface area is 117 Å². The number of aromatic hydroxyl groups is 1. The standard InChI is InChI=1S/C16H16N2O2/c1-10-9-11(19)5-6-12(10)16(20)18-8-7-13-14(17)3-2-4-15(13)18/h2-6,9,19H,7-8,17H2,1H3. The van der Waals surface area contributed by atoms with Crippen molar-refractivity contribution in [1.82, 2.24) is 0 Å². The fraction of sp³-hybridized carbons (Fsp3) is 0.188. The minimum absolute atomic E-state index is 0.0492. The second-order valence-electron chi connectivity index (χ2n) is 5.05. The summed E-state index contributed by atoms with van der Waals surface area (Å²) in [7, 11) is 0. The highest BCUT2D eigenvalue weighted by Crippen LogP contribution is 2.33. The molecular formula is C16H16N2O2. The summed E-state index contributed by atoms with van der Waals surface area (Å²) in [5, 5.41) is 9.44. The molecule has 0 saturated carbocycles. The third-order valence-corrected chi connectivity index (χ3v) is 3.75. The van der Waals surface area contributed by atoms with Gasteiger partial charge in [-0.1, -0.05) is 6.07 Å². The van der Waals surface area contributed by atoms with Gasteiger partial charge in [-0.05, 0) is 49.2 Å². The summed E-state index contributed by atoms with van der Waals surface area (Å²) in [5.74, 6) is 0.122. The number of benzene rings is 2. The summed E-state index contributed by atoms with van der Waals surface area (Å²) in [4.78, 5) is 14.4. The molecule has 0 spiro atoms. The zero-order valence-electron chi connectivity index (χ0n) is 11.3. The second-order valence-corrected chi connectivity index (χ2v) is 5.05. The average molecular weight is 268 g/mol. The zero-order chi connectivity index (χ0) is 14.3. The summed E-state index contributed by atoms with van der Waals surface area (Å²) in [6, 6.07) is 10.5. The van der Waals surface area contributed by atoms with E-state index in [1.165, 1.54) is 6.07 Å². The second kappa shape index (κ2) is 4.56. The van der Waals surface area contributed by atoms with E-state index in [9.17, 15) is 9.90 Å². The summed E-state index contributed by atoms with van der Waals surface area (Å²) in [6.07, 6.45) is 0.783. The van der Waals surface area contributed by atoms with Crippen LogP contribution in [0.3, 0.4) is 0 Å². The monoisotopic (exact) mass is 268 g/mol. The Balaban J connectivity index is 2.00. The minimum atomic E-state index is -0.0492. The van der Waals surface area contributed by atoms with Crippen LogP contribution in [0.5, 0.6) is 5.75 Å². The Morgan fingerprint density at radius 3 is 2.85 bits per heavy atom. The maximum Gasteiger partial charge on any atom is 0.258 e. The highest BCUT2D eigenvalue weighted by Gasteiger charge is 2.27. The number of nitrogens with two attached hydrogens (primary N) is 1. The van der Waals surface area contributed by atoms with Gasteiger partial charge in [-0.15, -0.1) is 0 Å². The van der Waals surface area contributed by atoms with Gasteiger partial charge >= 0.3 is 0 Å². The summed E-state index contributed by atoms with van der Waals surface area (Å²) in [6.45, 7) is 2.46. The lowest BCUT2D eigenvalue weighted by atomic mass is 10.1. The van der Waals surface area contributed by atoms with Gasteiger partial charge in [0.2, 0.25) is 0 Å². The molecule has 0 saturated heterocycles. The first-order chi connectivity index (χ1) is 9.58. The van der Waals surface area contributed by atoms with Gasteiger partial charge in [-0.25, -0.2) is 0 Å². The summed E-state index contributed by atoms with van der Waals surface area (Å²) < 4.78 is 0. The summed E-state index contributed by atoms with van der Waals surface area (Å²) in [5.41, 5.74) is 10.00. The van der Waals surface area contributed by atoms with Crippen LogP contribution >= 0.6 is 0 Å². The van der Waals surface area contributed by atoms with E-state index >= 15 is 0 Å².